The van der Waals surface area contributed by atoms with Gasteiger partial charge in [-0.2, -0.15) is 13.2 Å². The molecule has 3 aromatic rings. The number of hydrogen-bond donors (Lipinski definition) is 2. The number of pyridine rings is 2. The molecule has 2 N–H and O–H groups in total. The van der Waals surface area contributed by atoms with E-state index in [2.05, 4.69) is 20.6 Å². The molecule has 0 unspecified atom stereocenters. The average molecular weight is 368 g/mol. The Morgan fingerprint density at radius 3 is 2.35 bits per heavy atom. The van der Waals surface area contributed by atoms with Crippen molar-refractivity contribution >= 4 is 22.4 Å². The average Bonchev–Trinajstić information content (AvgIpc) is 2.61. The van der Waals surface area contributed by atoms with Crippen molar-refractivity contribution in [2.45, 2.75) is 6.18 Å². The molecule has 9 heteroatoms. The molecule has 0 fully saturated rings. The third-order valence-corrected chi connectivity index (χ3v) is 3.64. The lowest BCUT2D eigenvalue weighted by Crippen LogP contribution is -2.18. The van der Waals surface area contributed by atoms with E-state index in [9.17, 15) is 22.0 Å². The highest BCUT2D eigenvalue weighted by Gasteiger charge is 2.33. The zero-order valence-electron chi connectivity index (χ0n) is 13.2. The van der Waals surface area contributed by atoms with Gasteiger partial charge in [0.15, 0.2) is 0 Å². The minimum atomic E-state index is -4.52. The summed E-state index contributed by atoms with van der Waals surface area (Å²) < 4.78 is 66.4. The van der Waals surface area contributed by atoms with Gasteiger partial charge in [-0.25, -0.2) is 13.8 Å². The third-order valence-electron chi connectivity index (χ3n) is 3.64. The Balaban J connectivity index is 1.71. The molecule has 2 aromatic heterocycles. The highest BCUT2D eigenvalue weighted by Crippen LogP contribution is 2.33. The van der Waals surface area contributed by atoms with E-state index < -0.39 is 23.4 Å². The first-order valence-electron chi connectivity index (χ1n) is 7.60. The summed E-state index contributed by atoms with van der Waals surface area (Å²) >= 11 is 0. The number of nitrogens with one attached hydrogen (secondary N) is 2. The molecule has 0 amide bonds. The number of nitrogens with zero attached hydrogens (tertiary/aromatic N) is 2. The van der Waals surface area contributed by atoms with E-state index >= 15 is 0 Å². The first-order chi connectivity index (χ1) is 12.4. The maximum atomic E-state index is 14.0. The zero-order valence-corrected chi connectivity index (χ0v) is 13.2. The van der Waals surface area contributed by atoms with Gasteiger partial charge in [-0.05, 0) is 30.3 Å². The Morgan fingerprint density at radius 1 is 0.846 bits per heavy atom. The molecule has 0 spiro atoms. The number of anilines is 2. The minimum Gasteiger partial charge on any atom is -0.383 e. The van der Waals surface area contributed by atoms with Crippen molar-refractivity contribution in [1.82, 2.24) is 9.97 Å². The molecule has 0 saturated heterocycles. The van der Waals surface area contributed by atoms with Crippen LogP contribution >= 0.6 is 0 Å². The topological polar surface area (TPSA) is 49.8 Å². The predicted octanol–water partition coefficient (Wildman–Crippen LogP) is 4.45. The normalized spacial score (nSPS) is 11.6. The molecule has 136 valence electrons. The lowest BCUT2D eigenvalue weighted by Gasteiger charge is -2.14. The van der Waals surface area contributed by atoms with Crippen LogP contribution in [0, 0.1) is 11.6 Å². The fourth-order valence-electron chi connectivity index (χ4n) is 2.49. The molecule has 26 heavy (non-hydrogen) atoms. The van der Waals surface area contributed by atoms with Crippen molar-refractivity contribution in [2.75, 3.05) is 23.7 Å². The fraction of sp³-hybridized carbons (Fsp3) is 0.176. The molecular weight excluding hydrogens is 355 g/mol. The van der Waals surface area contributed by atoms with Gasteiger partial charge in [0, 0.05) is 31.2 Å². The van der Waals surface area contributed by atoms with Gasteiger partial charge in [0.25, 0.3) is 0 Å². The second-order valence-corrected chi connectivity index (χ2v) is 5.36. The van der Waals surface area contributed by atoms with Crippen LogP contribution in [0.25, 0.3) is 10.9 Å². The molecule has 0 bridgehead atoms. The van der Waals surface area contributed by atoms with E-state index in [0.717, 1.165) is 18.2 Å². The van der Waals surface area contributed by atoms with Crippen molar-refractivity contribution in [3.05, 3.63) is 59.9 Å². The smallest absolute Gasteiger partial charge is 0.383 e. The van der Waals surface area contributed by atoms with Gasteiger partial charge in [-0.1, -0.05) is 0 Å². The van der Waals surface area contributed by atoms with Crippen molar-refractivity contribution in [3.63, 3.8) is 0 Å². The Labute approximate surface area is 145 Å². The summed E-state index contributed by atoms with van der Waals surface area (Å²) in [5.41, 5.74) is -0.694. The molecular formula is C17H13F5N4. The molecule has 0 aliphatic rings. The van der Waals surface area contributed by atoms with E-state index in [0.29, 0.717) is 5.69 Å². The number of aromatic nitrogens is 2. The van der Waals surface area contributed by atoms with E-state index in [1.807, 2.05) is 0 Å². The number of rotatable bonds is 5. The number of hydrogen-bond acceptors (Lipinski definition) is 4. The monoisotopic (exact) mass is 368 g/mol. The van der Waals surface area contributed by atoms with Crippen LogP contribution in [0.15, 0.2) is 42.7 Å². The first-order valence-corrected chi connectivity index (χ1v) is 7.60. The second kappa shape index (κ2) is 7.11. The summed E-state index contributed by atoms with van der Waals surface area (Å²) in [5.74, 6) is -1.60. The van der Waals surface area contributed by atoms with Crippen molar-refractivity contribution in [2.24, 2.45) is 0 Å². The standard InChI is InChI=1S/C17H13F5N4/c18-11-3-4-12(19)15-14(11)13(5-7-24-15)23-8-9-26-16-10(17(20,21)22)2-1-6-25-16/h1-7H,8-9H2,(H,23,24)(H,25,26). The van der Waals surface area contributed by atoms with E-state index in [4.69, 9.17) is 0 Å². The van der Waals surface area contributed by atoms with Gasteiger partial charge in [0.2, 0.25) is 0 Å². The Morgan fingerprint density at radius 2 is 1.58 bits per heavy atom. The number of alkyl halides is 3. The molecule has 0 aliphatic carbocycles. The predicted molar refractivity (Wildman–Crippen MR) is 87.9 cm³/mol. The molecule has 0 aliphatic heterocycles. The van der Waals surface area contributed by atoms with Crippen molar-refractivity contribution in [1.29, 1.82) is 0 Å². The summed E-state index contributed by atoms with van der Waals surface area (Å²) in [7, 11) is 0. The summed E-state index contributed by atoms with van der Waals surface area (Å²) in [4.78, 5) is 7.50. The Kier molecular flexibility index (Phi) is 4.88. The van der Waals surface area contributed by atoms with Crippen LogP contribution in [0.4, 0.5) is 33.5 Å². The minimum absolute atomic E-state index is 0.0127. The van der Waals surface area contributed by atoms with Gasteiger partial charge < -0.3 is 10.6 Å². The van der Waals surface area contributed by atoms with Crippen LogP contribution in [0.3, 0.4) is 0 Å². The third kappa shape index (κ3) is 3.66. The highest BCUT2D eigenvalue weighted by atomic mass is 19.4. The quantitative estimate of drug-likeness (QED) is 0.516. The number of fused-ring (bicyclic) bond motifs is 1. The SMILES string of the molecule is Fc1ccc(F)c2c(NCCNc3ncccc3C(F)(F)F)ccnc12. The Hall–Kier alpha value is -2.97. The maximum absolute atomic E-state index is 14.0. The van der Waals surface area contributed by atoms with Crippen LogP contribution in [-0.4, -0.2) is 23.1 Å². The van der Waals surface area contributed by atoms with E-state index in [-0.39, 0.29) is 29.8 Å². The van der Waals surface area contributed by atoms with Crippen LogP contribution in [-0.2, 0) is 6.18 Å². The molecule has 2 heterocycles. The van der Waals surface area contributed by atoms with Crippen LogP contribution in [0.1, 0.15) is 5.56 Å². The summed E-state index contributed by atoms with van der Waals surface area (Å²) in [6.45, 7) is 0.240. The Bertz CT molecular complexity index is 927. The lowest BCUT2D eigenvalue weighted by molar-refractivity contribution is -0.137. The highest BCUT2D eigenvalue weighted by molar-refractivity contribution is 5.91. The molecule has 1 aromatic carbocycles. The van der Waals surface area contributed by atoms with E-state index in [1.165, 1.54) is 24.5 Å². The maximum Gasteiger partial charge on any atom is 0.419 e. The lowest BCUT2D eigenvalue weighted by atomic mass is 10.1. The molecule has 0 saturated carbocycles. The molecule has 3 rings (SSSR count). The van der Waals surface area contributed by atoms with Crippen molar-refractivity contribution in [3.8, 4) is 0 Å². The van der Waals surface area contributed by atoms with Gasteiger partial charge in [-0.15, -0.1) is 0 Å². The van der Waals surface area contributed by atoms with Gasteiger partial charge in [0.05, 0.1) is 10.9 Å². The van der Waals surface area contributed by atoms with Gasteiger partial charge >= 0.3 is 6.18 Å². The first kappa shape index (κ1) is 17.8. The number of benzene rings is 1. The van der Waals surface area contributed by atoms with Crippen LogP contribution < -0.4 is 10.6 Å². The van der Waals surface area contributed by atoms with Gasteiger partial charge in [0.1, 0.15) is 23.0 Å². The largest absolute Gasteiger partial charge is 0.419 e. The number of halogens is 5. The molecule has 4 nitrogen and oxygen atoms in total. The summed E-state index contributed by atoms with van der Waals surface area (Å²) in [6, 6.07) is 5.57. The second-order valence-electron chi connectivity index (χ2n) is 5.36. The van der Waals surface area contributed by atoms with Crippen LogP contribution in [0.2, 0.25) is 0 Å². The van der Waals surface area contributed by atoms with Gasteiger partial charge in [-0.3, -0.25) is 4.98 Å². The molecule has 0 atom stereocenters. The fourth-order valence-corrected chi connectivity index (χ4v) is 2.49. The summed E-state index contributed by atoms with van der Waals surface area (Å²) in [5, 5.41) is 5.44. The zero-order chi connectivity index (χ0) is 18.7. The van der Waals surface area contributed by atoms with E-state index in [1.54, 1.807) is 0 Å². The van der Waals surface area contributed by atoms with Crippen molar-refractivity contribution < 1.29 is 22.0 Å². The summed E-state index contributed by atoms with van der Waals surface area (Å²) in [6.07, 6.45) is -1.95. The molecule has 0 radical (unpaired) electrons. The van der Waals surface area contributed by atoms with Crippen LogP contribution in [0.5, 0.6) is 0 Å².